The highest BCUT2D eigenvalue weighted by Crippen LogP contribution is 2.18. The number of hydrogen-bond donors (Lipinski definition) is 2. The minimum atomic E-state index is -0.541. The van der Waals surface area contributed by atoms with Crippen LogP contribution in [-0.4, -0.2) is 31.4 Å². The lowest BCUT2D eigenvalue weighted by molar-refractivity contribution is 0.124. The zero-order valence-electron chi connectivity index (χ0n) is 14.3. The van der Waals surface area contributed by atoms with Gasteiger partial charge in [-0.25, -0.2) is 9.59 Å². The Labute approximate surface area is 137 Å². The predicted octanol–water partition coefficient (Wildman–Crippen LogP) is 3.77. The summed E-state index contributed by atoms with van der Waals surface area (Å²) >= 11 is 0. The summed E-state index contributed by atoms with van der Waals surface area (Å²) in [5.74, 6) is 0. The van der Waals surface area contributed by atoms with E-state index in [0.717, 1.165) is 23.2 Å². The lowest BCUT2D eigenvalue weighted by Crippen LogP contribution is -2.39. The van der Waals surface area contributed by atoms with Crippen LogP contribution in [0.15, 0.2) is 18.2 Å². The van der Waals surface area contributed by atoms with Crippen molar-refractivity contribution in [3.8, 4) is 0 Å². The molecule has 2 amide bonds. The van der Waals surface area contributed by atoms with Crippen LogP contribution in [0.1, 0.15) is 37.8 Å². The highest BCUT2D eigenvalue weighted by Gasteiger charge is 2.14. The standard InChI is InChI=1S/C17H26N2O4/c1-5-10-22-16(20)18-14(6-2)11-23-17(21)19-15-9-7-8-12(3)13(15)4/h7-9,14H,5-6,10-11H2,1-4H3,(H,18,20)(H,19,21)/t14-/m0/s1. The van der Waals surface area contributed by atoms with E-state index in [1.807, 2.05) is 45.9 Å². The molecular formula is C17H26N2O4. The number of hydrogen-bond acceptors (Lipinski definition) is 4. The van der Waals surface area contributed by atoms with Gasteiger partial charge < -0.3 is 14.8 Å². The molecule has 128 valence electrons. The Hall–Kier alpha value is -2.24. The Bertz CT molecular complexity index is 531. The second kappa shape index (κ2) is 9.71. The summed E-state index contributed by atoms with van der Waals surface area (Å²) in [6.45, 7) is 8.20. The first-order valence-electron chi connectivity index (χ1n) is 7.91. The highest BCUT2D eigenvalue weighted by molar-refractivity contribution is 5.85. The maximum atomic E-state index is 11.9. The normalized spacial score (nSPS) is 11.5. The van der Waals surface area contributed by atoms with Crippen LogP contribution in [0.25, 0.3) is 0 Å². The average molecular weight is 322 g/mol. The molecule has 0 heterocycles. The van der Waals surface area contributed by atoms with Gasteiger partial charge in [0.15, 0.2) is 0 Å². The van der Waals surface area contributed by atoms with Crippen LogP contribution >= 0.6 is 0 Å². The molecule has 1 atom stereocenters. The van der Waals surface area contributed by atoms with Crippen molar-refractivity contribution in [3.05, 3.63) is 29.3 Å². The molecule has 6 nitrogen and oxygen atoms in total. The lowest BCUT2D eigenvalue weighted by atomic mass is 10.1. The van der Waals surface area contributed by atoms with E-state index >= 15 is 0 Å². The fourth-order valence-corrected chi connectivity index (χ4v) is 1.87. The number of amides is 2. The van der Waals surface area contributed by atoms with Crippen molar-refractivity contribution in [1.29, 1.82) is 0 Å². The molecule has 2 N–H and O–H groups in total. The summed E-state index contributed by atoms with van der Waals surface area (Å²) in [5.41, 5.74) is 2.81. The van der Waals surface area contributed by atoms with Gasteiger partial charge in [-0.3, -0.25) is 5.32 Å². The Balaban J connectivity index is 2.44. The van der Waals surface area contributed by atoms with E-state index in [9.17, 15) is 9.59 Å². The van der Waals surface area contributed by atoms with Crippen LogP contribution in [0, 0.1) is 13.8 Å². The molecule has 0 spiro atoms. The molecule has 1 aromatic carbocycles. The molecule has 0 aliphatic rings. The van der Waals surface area contributed by atoms with Crippen molar-refractivity contribution in [2.45, 2.75) is 46.6 Å². The van der Waals surface area contributed by atoms with Crippen molar-refractivity contribution in [2.24, 2.45) is 0 Å². The van der Waals surface area contributed by atoms with Crippen molar-refractivity contribution >= 4 is 17.9 Å². The van der Waals surface area contributed by atoms with Crippen molar-refractivity contribution in [2.75, 3.05) is 18.5 Å². The topological polar surface area (TPSA) is 76.7 Å². The molecule has 1 aromatic rings. The number of alkyl carbamates (subject to hydrolysis) is 1. The number of carbonyl (C=O) groups excluding carboxylic acids is 2. The van der Waals surface area contributed by atoms with Gasteiger partial charge in [0, 0.05) is 5.69 Å². The van der Waals surface area contributed by atoms with Crippen LogP contribution < -0.4 is 10.6 Å². The zero-order chi connectivity index (χ0) is 17.2. The number of carbonyl (C=O) groups is 2. The number of aryl methyl sites for hydroxylation is 1. The summed E-state index contributed by atoms with van der Waals surface area (Å²) in [5, 5.41) is 5.39. The van der Waals surface area contributed by atoms with Crippen LogP contribution in [0.2, 0.25) is 0 Å². The van der Waals surface area contributed by atoms with E-state index in [-0.39, 0.29) is 12.6 Å². The summed E-state index contributed by atoms with van der Waals surface area (Å²) in [4.78, 5) is 23.4. The van der Waals surface area contributed by atoms with Crippen molar-refractivity contribution < 1.29 is 19.1 Å². The maximum absolute atomic E-state index is 11.9. The van der Waals surface area contributed by atoms with Crippen LogP contribution in [0.3, 0.4) is 0 Å². The number of benzene rings is 1. The monoisotopic (exact) mass is 322 g/mol. The van der Waals surface area contributed by atoms with Crippen molar-refractivity contribution in [3.63, 3.8) is 0 Å². The van der Waals surface area contributed by atoms with Gasteiger partial charge in [-0.2, -0.15) is 0 Å². The second-order valence-corrected chi connectivity index (χ2v) is 5.36. The van der Waals surface area contributed by atoms with Gasteiger partial charge in [0.1, 0.15) is 6.61 Å². The molecule has 0 bridgehead atoms. The first-order valence-corrected chi connectivity index (χ1v) is 7.91. The van der Waals surface area contributed by atoms with Gasteiger partial charge in [-0.05, 0) is 43.9 Å². The van der Waals surface area contributed by atoms with Gasteiger partial charge in [-0.15, -0.1) is 0 Å². The Morgan fingerprint density at radius 2 is 1.87 bits per heavy atom. The van der Waals surface area contributed by atoms with Gasteiger partial charge >= 0.3 is 12.2 Å². The van der Waals surface area contributed by atoms with Gasteiger partial charge in [0.05, 0.1) is 12.6 Å². The Kier molecular flexibility index (Phi) is 7.94. The number of anilines is 1. The molecule has 0 aromatic heterocycles. The molecule has 0 aliphatic carbocycles. The van der Waals surface area contributed by atoms with Gasteiger partial charge in [0.2, 0.25) is 0 Å². The molecule has 23 heavy (non-hydrogen) atoms. The third-order valence-electron chi connectivity index (χ3n) is 3.51. The second-order valence-electron chi connectivity index (χ2n) is 5.36. The minimum absolute atomic E-state index is 0.0917. The third kappa shape index (κ3) is 6.59. The minimum Gasteiger partial charge on any atom is -0.450 e. The SMILES string of the molecule is CCCOC(=O)N[C@@H](CC)COC(=O)Nc1cccc(C)c1C. The van der Waals surface area contributed by atoms with E-state index in [1.165, 1.54) is 0 Å². The summed E-state index contributed by atoms with van der Waals surface area (Å²) in [7, 11) is 0. The van der Waals surface area contributed by atoms with Crippen LogP contribution in [-0.2, 0) is 9.47 Å². The van der Waals surface area contributed by atoms with E-state index in [1.54, 1.807) is 0 Å². The van der Waals surface area contributed by atoms with Crippen LogP contribution in [0.5, 0.6) is 0 Å². The van der Waals surface area contributed by atoms with E-state index in [2.05, 4.69) is 10.6 Å². The fraction of sp³-hybridized carbons (Fsp3) is 0.529. The van der Waals surface area contributed by atoms with E-state index in [4.69, 9.17) is 9.47 Å². The lowest BCUT2D eigenvalue weighted by Gasteiger charge is -2.17. The molecule has 0 aliphatic heterocycles. The van der Waals surface area contributed by atoms with E-state index in [0.29, 0.717) is 13.0 Å². The number of nitrogens with one attached hydrogen (secondary N) is 2. The third-order valence-corrected chi connectivity index (χ3v) is 3.51. The summed E-state index contributed by atoms with van der Waals surface area (Å²) < 4.78 is 10.1. The quantitative estimate of drug-likeness (QED) is 0.801. The largest absolute Gasteiger partial charge is 0.450 e. The predicted molar refractivity (Wildman–Crippen MR) is 89.7 cm³/mol. The molecule has 0 saturated heterocycles. The molecule has 6 heteroatoms. The Morgan fingerprint density at radius 3 is 2.52 bits per heavy atom. The van der Waals surface area contributed by atoms with Crippen LogP contribution in [0.4, 0.5) is 15.3 Å². The summed E-state index contributed by atoms with van der Waals surface area (Å²) in [6.07, 6.45) is 0.370. The molecule has 0 fully saturated rings. The first-order chi connectivity index (χ1) is 11.0. The van der Waals surface area contributed by atoms with Gasteiger partial charge in [-0.1, -0.05) is 26.0 Å². The summed E-state index contributed by atoms with van der Waals surface area (Å²) in [6, 6.07) is 5.40. The number of ether oxygens (including phenoxy) is 2. The molecule has 1 rings (SSSR count). The fourth-order valence-electron chi connectivity index (χ4n) is 1.87. The molecule has 0 unspecified atom stereocenters. The maximum Gasteiger partial charge on any atom is 0.411 e. The molecule has 0 radical (unpaired) electrons. The highest BCUT2D eigenvalue weighted by atomic mass is 16.6. The van der Waals surface area contributed by atoms with Gasteiger partial charge in [0.25, 0.3) is 0 Å². The average Bonchev–Trinajstić information content (AvgIpc) is 2.53. The molecule has 0 saturated carbocycles. The number of rotatable bonds is 7. The smallest absolute Gasteiger partial charge is 0.411 e. The Morgan fingerprint density at radius 1 is 1.13 bits per heavy atom. The van der Waals surface area contributed by atoms with E-state index < -0.39 is 12.2 Å². The van der Waals surface area contributed by atoms with Crippen molar-refractivity contribution in [1.82, 2.24) is 5.32 Å². The molecular weight excluding hydrogens is 296 g/mol. The zero-order valence-corrected chi connectivity index (χ0v) is 14.3. The first kappa shape index (κ1) is 18.8.